The molecule has 0 spiro atoms. The van der Waals surface area contributed by atoms with Gasteiger partial charge in [-0.15, -0.1) is 0 Å². The maximum atomic E-state index is 10.7. The summed E-state index contributed by atoms with van der Waals surface area (Å²) in [5.74, 6) is 2.44. The first-order valence-corrected chi connectivity index (χ1v) is 7.61. The van der Waals surface area contributed by atoms with E-state index in [0.29, 0.717) is 0 Å². The summed E-state index contributed by atoms with van der Waals surface area (Å²) in [7, 11) is 0. The Bertz CT molecular complexity index is 448. The van der Waals surface area contributed by atoms with E-state index in [4.69, 9.17) is 0 Å². The highest BCUT2D eigenvalue weighted by Crippen LogP contribution is 2.21. The lowest BCUT2D eigenvalue weighted by atomic mass is 10.2. The summed E-state index contributed by atoms with van der Waals surface area (Å²) < 4.78 is 0. The normalized spacial score (nSPS) is 16.3. The fraction of sp³-hybridized carbons (Fsp3) is 0.538. The predicted octanol–water partition coefficient (Wildman–Crippen LogP) is 2.36. The van der Waals surface area contributed by atoms with E-state index in [-0.39, 0.29) is 10.6 Å². The molecule has 1 fully saturated rings. The largest absolute Gasteiger partial charge is 0.384 e. The Morgan fingerprint density at radius 2 is 2.16 bits per heavy atom. The van der Waals surface area contributed by atoms with E-state index in [0.717, 1.165) is 37.4 Å². The number of benzene rings is 1. The molecule has 0 atom stereocenters. The molecule has 1 aromatic rings. The minimum absolute atomic E-state index is 0.149. The van der Waals surface area contributed by atoms with Gasteiger partial charge in [-0.05, 0) is 18.6 Å². The first-order chi connectivity index (χ1) is 9.16. The van der Waals surface area contributed by atoms with Gasteiger partial charge in [0.25, 0.3) is 5.69 Å². The molecule has 0 radical (unpaired) electrons. The SMILES string of the molecule is Cc1cc([N+](=O)[O-])ccc1NCCN1CCSCC1. The van der Waals surface area contributed by atoms with Gasteiger partial charge in [-0.25, -0.2) is 0 Å². The van der Waals surface area contributed by atoms with Crippen molar-refractivity contribution in [2.24, 2.45) is 0 Å². The van der Waals surface area contributed by atoms with Gasteiger partial charge in [0.05, 0.1) is 4.92 Å². The van der Waals surface area contributed by atoms with Crippen molar-refractivity contribution in [1.82, 2.24) is 4.90 Å². The molecule has 1 heterocycles. The van der Waals surface area contributed by atoms with Gasteiger partial charge >= 0.3 is 0 Å². The fourth-order valence-corrected chi connectivity index (χ4v) is 3.11. The van der Waals surface area contributed by atoms with Crippen LogP contribution in [-0.4, -0.2) is 47.5 Å². The Labute approximate surface area is 117 Å². The molecular weight excluding hydrogens is 262 g/mol. The third kappa shape index (κ3) is 4.11. The van der Waals surface area contributed by atoms with Crippen LogP contribution in [0, 0.1) is 17.0 Å². The number of nitro benzene ring substituents is 1. The van der Waals surface area contributed by atoms with Gasteiger partial charge in [0.1, 0.15) is 0 Å². The van der Waals surface area contributed by atoms with Gasteiger partial charge in [0.15, 0.2) is 0 Å². The maximum absolute atomic E-state index is 10.7. The van der Waals surface area contributed by atoms with Gasteiger partial charge in [0.2, 0.25) is 0 Å². The number of anilines is 1. The summed E-state index contributed by atoms with van der Waals surface area (Å²) in [4.78, 5) is 12.8. The molecule has 2 rings (SSSR count). The van der Waals surface area contributed by atoms with Crippen molar-refractivity contribution in [2.75, 3.05) is 43.0 Å². The molecule has 5 nitrogen and oxygen atoms in total. The Morgan fingerprint density at radius 3 is 2.79 bits per heavy atom. The summed E-state index contributed by atoms with van der Waals surface area (Å²) in [5.41, 5.74) is 2.05. The van der Waals surface area contributed by atoms with E-state index in [1.165, 1.54) is 11.5 Å². The topological polar surface area (TPSA) is 58.4 Å². The van der Waals surface area contributed by atoms with Crippen LogP contribution in [0.15, 0.2) is 18.2 Å². The van der Waals surface area contributed by atoms with Crippen LogP contribution in [0.1, 0.15) is 5.56 Å². The molecule has 0 bridgehead atoms. The molecule has 1 aliphatic rings. The van der Waals surface area contributed by atoms with E-state index >= 15 is 0 Å². The third-order valence-electron chi connectivity index (χ3n) is 3.27. The van der Waals surface area contributed by atoms with Gasteiger partial charge in [-0.2, -0.15) is 11.8 Å². The highest BCUT2D eigenvalue weighted by molar-refractivity contribution is 7.99. The Hall–Kier alpha value is -1.27. The van der Waals surface area contributed by atoms with E-state index in [9.17, 15) is 10.1 Å². The molecule has 1 aliphatic heterocycles. The van der Waals surface area contributed by atoms with Crippen molar-refractivity contribution >= 4 is 23.1 Å². The fourth-order valence-electron chi connectivity index (χ4n) is 2.13. The first-order valence-electron chi connectivity index (χ1n) is 6.46. The van der Waals surface area contributed by atoms with E-state index in [1.807, 2.05) is 18.7 Å². The number of nitrogens with zero attached hydrogens (tertiary/aromatic N) is 2. The minimum atomic E-state index is -0.359. The first kappa shape index (κ1) is 14.1. The highest BCUT2D eigenvalue weighted by Gasteiger charge is 2.10. The maximum Gasteiger partial charge on any atom is 0.269 e. The van der Waals surface area contributed by atoms with Crippen molar-refractivity contribution in [2.45, 2.75) is 6.92 Å². The minimum Gasteiger partial charge on any atom is -0.384 e. The van der Waals surface area contributed by atoms with E-state index < -0.39 is 0 Å². The zero-order chi connectivity index (χ0) is 13.7. The molecule has 19 heavy (non-hydrogen) atoms. The number of thioether (sulfide) groups is 1. The van der Waals surface area contributed by atoms with Crippen LogP contribution in [0.25, 0.3) is 0 Å². The average molecular weight is 281 g/mol. The molecule has 0 aromatic heterocycles. The summed E-state index contributed by atoms with van der Waals surface area (Å²) >= 11 is 2.01. The quantitative estimate of drug-likeness (QED) is 0.663. The van der Waals surface area contributed by atoms with Crippen LogP contribution in [0.5, 0.6) is 0 Å². The smallest absolute Gasteiger partial charge is 0.269 e. The van der Waals surface area contributed by atoms with Gasteiger partial charge < -0.3 is 5.32 Å². The second-order valence-corrected chi connectivity index (χ2v) is 5.86. The third-order valence-corrected chi connectivity index (χ3v) is 4.21. The molecular formula is C13H19N3O2S. The van der Waals surface area contributed by atoms with E-state index in [1.54, 1.807) is 18.2 Å². The van der Waals surface area contributed by atoms with Crippen molar-refractivity contribution in [1.29, 1.82) is 0 Å². The molecule has 0 saturated carbocycles. The van der Waals surface area contributed by atoms with Crippen molar-refractivity contribution in [3.8, 4) is 0 Å². The number of non-ortho nitro benzene ring substituents is 1. The standard InChI is InChI=1S/C13H19N3O2S/c1-11-10-12(16(17)18)2-3-13(11)14-4-5-15-6-8-19-9-7-15/h2-3,10,14H,4-9H2,1H3. The molecule has 104 valence electrons. The number of aryl methyl sites for hydroxylation is 1. The predicted molar refractivity (Wildman–Crippen MR) is 80.1 cm³/mol. The molecule has 1 saturated heterocycles. The zero-order valence-corrected chi connectivity index (χ0v) is 11.9. The Balaban J connectivity index is 1.83. The van der Waals surface area contributed by atoms with Crippen LogP contribution in [0.3, 0.4) is 0 Å². The Morgan fingerprint density at radius 1 is 1.42 bits per heavy atom. The van der Waals surface area contributed by atoms with Gasteiger partial charge in [0, 0.05) is 55.5 Å². The lowest BCUT2D eigenvalue weighted by Gasteiger charge is -2.26. The molecule has 1 aromatic carbocycles. The molecule has 0 aliphatic carbocycles. The molecule has 6 heteroatoms. The van der Waals surface area contributed by atoms with Crippen LogP contribution in [0.2, 0.25) is 0 Å². The van der Waals surface area contributed by atoms with Gasteiger partial charge in [-0.3, -0.25) is 15.0 Å². The summed E-state index contributed by atoms with van der Waals surface area (Å²) in [5, 5.41) is 14.0. The molecule has 0 amide bonds. The van der Waals surface area contributed by atoms with Gasteiger partial charge in [-0.1, -0.05) is 0 Å². The highest BCUT2D eigenvalue weighted by atomic mass is 32.2. The lowest BCUT2D eigenvalue weighted by Crippen LogP contribution is -2.36. The summed E-state index contributed by atoms with van der Waals surface area (Å²) in [6, 6.07) is 4.95. The van der Waals surface area contributed by atoms with Crippen LogP contribution in [0.4, 0.5) is 11.4 Å². The monoisotopic (exact) mass is 281 g/mol. The number of nitro groups is 1. The van der Waals surface area contributed by atoms with Crippen LogP contribution < -0.4 is 5.32 Å². The van der Waals surface area contributed by atoms with Crippen LogP contribution >= 0.6 is 11.8 Å². The second-order valence-electron chi connectivity index (χ2n) is 4.64. The number of hydrogen-bond acceptors (Lipinski definition) is 5. The average Bonchev–Trinajstić information content (AvgIpc) is 2.41. The summed E-state index contributed by atoms with van der Waals surface area (Å²) in [6.45, 7) is 6.12. The number of nitrogens with one attached hydrogen (secondary N) is 1. The Kier molecular flexibility index (Phi) is 5.04. The number of rotatable bonds is 5. The molecule has 0 unspecified atom stereocenters. The van der Waals surface area contributed by atoms with Crippen molar-refractivity contribution in [3.05, 3.63) is 33.9 Å². The van der Waals surface area contributed by atoms with Crippen molar-refractivity contribution in [3.63, 3.8) is 0 Å². The summed E-state index contributed by atoms with van der Waals surface area (Å²) in [6.07, 6.45) is 0. The zero-order valence-electron chi connectivity index (χ0n) is 11.1. The lowest BCUT2D eigenvalue weighted by molar-refractivity contribution is -0.384. The van der Waals surface area contributed by atoms with E-state index in [2.05, 4.69) is 10.2 Å². The molecule has 1 N–H and O–H groups in total. The number of hydrogen-bond donors (Lipinski definition) is 1. The van der Waals surface area contributed by atoms with Crippen molar-refractivity contribution < 1.29 is 4.92 Å². The second kappa shape index (κ2) is 6.77. The van der Waals surface area contributed by atoms with Crippen LogP contribution in [-0.2, 0) is 0 Å².